The molecule has 72 valence electrons. The number of hydrogen-bond acceptors (Lipinski definition) is 2. The van der Waals surface area contributed by atoms with Crippen molar-refractivity contribution in [2.24, 2.45) is 5.92 Å². The fourth-order valence-corrected chi connectivity index (χ4v) is 1.12. The highest BCUT2D eigenvalue weighted by Gasteiger charge is 2.11. The molecule has 1 atom stereocenters. The van der Waals surface area contributed by atoms with E-state index in [2.05, 4.69) is 5.10 Å². The summed E-state index contributed by atoms with van der Waals surface area (Å²) in [5.74, 6) is 0.297. The average Bonchev–Trinajstić information content (AvgIpc) is 2.49. The van der Waals surface area contributed by atoms with Crippen LogP contribution in [-0.2, 0) is 11.3 Å². The zero-order valence-corrected chi connectivity index (χ0v) is 8.58. The molecule has 13 heavy (non-hydrogen) atoms. The van der Waals surface area contributed by atoms with E-state index in [-0.39, 0.29) is 11.7 Å². The maximum atomic E-state index is 11.4. The summed E-state index contributed by atoms with van der Waals surface area (Å²) < 4.78 is 1.57. The van der Waals surface area contributed by atoms with Gasteiger partial charge in [0.05, 0.1) is 17.8 Å². The monoisotopic (exact) mass is 200 g/mol. The molecule has 0 aliphatic heterocycles. The number of halogens is 1. The normalized spacial score (nSPS) is 12.8. The first kappa shape index (κ1) is 10.3. The van der Waals surface area contributed by atoms with E-state index in [1.165, 1.54) is 6.20 Å². The molecule has 0 bridgehead atoms. The van der Waals surface area contributed by atoms with E-state index in [0.29, 0.717) is 11.6 Å². The van der Waals surface area contributed by atoms with Gasteiger partial charge in [-0.15, -0.1) is 0 Å². The van der Waals surface area contributed by atoms with Crippen molar-refractivity contribution in [2.75, 3.05) is 0 Å². The predicted molar refractivity (Wildman–Crippen MR) is 51.7 cm³/mol. The van der Waals surface area contributed by atoms with Crippen LogP contribution in [0.3, 0.4) is 0 Å². The molecule has 0 aliphatic carbocycles. The number of Topliss-reactive ketones (excluding diaryl/α,β-unsaturated/α-hetero) is 1. The standard InChI is InChI=1S/C9H13ClN2O/c1-3-7(2)9(13)6-12-5-8(10)4-11-12/h4-5,7H,3,6H2,1-2H3. The first-order valence-electron chi connectivity index (χ1n) is 4.34. The molecule has 1 aromatic rings. The number of rotatable bonds is 4. The van der Waals surface area contributed by atoms with E-state index < -0.39 is 0 Å². The molecule has 1 heterocycles. The molecule has 0 N–H and O–H groups in total. The number of hydrogen-bond donors (Lipinski definition) is 0. The van der Waals surface area contributed by atoms with Crippen molar-refractivity contribution in [1.29, 1.82) is 0 Å². The Kier molecular flexibility index (Phi) is 3.48. The second-order valence-electron chi connectivity index (χ2n) is 3.13. The summed E-state index contributed by atoms with van der Waals surface area (Å²) in [6.45, 7) is 4.24. The highest BCUT2D eigenvalue weighted by molar-refractivity contribution is 6.30. The van der Waals surface area contributed by atoms with E-state index in [1.54, 1.807) is 10.9 Å². The minimum absolute atomic E-state index is 0.1000. The van der Waals surface area contributed by atoms with E-state index in [4.69, 9.17) is 11.6 Å². The third-order valence-electron chi connectivity index (χ3n) is 2.08. The quantitative estimate of drug-likeness (QED) is 0.747. The SMILES string of the molecule is CCC(C)C(=O)Cn1cc(Cl)cn1. The van der Waals surface area contributed by atoms with Crippen molar-refractivity contribution in [2.45, 2.75) is 26.8 Å². The number of ketones is 1. The summed E-state index contributed by atoms with van der Waals surface area (Å²) in [5, 5.41) is 4.50. The number of carbonyl (C=O) groups is 1. The van der Waals surface area contributed by atoms with Crippen LogP contribution in [0.2, 0.25) is 5.02 Å². The lowest BCUT2D eigenvalue weighted by Gasteiger charge is -2.06. The second kappa shape index (κ2) is 4.42. The zero-order valence-electron chi connectivity index (χ0n) is 7.83. The molecule has 0 aromatic carbocycles. The lowest BCUT2D eigenvalue weighted by molar-refractivity contribution is -0.123. The van der Waals surface area contributed by atoms with Gasteiger partial charge in [0.25, 0.3) is 0 Å². The van der Waals surface area contributed by atoms with Crippen molar-refractivity contribution in [3.05, 3.63) is 17.4 Å². The van der Waals surface area contributed by atoms with Gasteiger partial charge in [0, 0.05) is 12.1 Å². The molecule has 0 aliphatic rings. The second-order valence-corrected chi connectivity index (χ2v) is 3.57. The Labute approximate surface area is 82.7 Å². The van der Waals surface area contributed by atoms with E-state index in [9.17, 15) is 4.79 Å². The third kappa shape index (κ3) is 2.84. The molecule has 0 saturated heterocycles. The van der Waals surface area contributed by atoms with Crippen molar-refractivity contribution in [3.8, 4) is 0 Å². The van der Waals surface area contributed by atoms with Crippen LogP contribution < -0.4 is 0 Å². The van der Waals surface area contributed by atoms with Gasteiger partial charge < -0.3 is 0 Å². The first-order valence-corrected chi connectivity index (χ1v) is 4.72. The summed E-state index contributed by atoms with van der Waals surface area (Å²) >= 11 is 5.66. The summed E-state index contributed by atoms with van der Waals surface area (Å²) in [6.07, 6.45) is 4.06. The topological polar surface area (TPSA) is 34.9 Å². The summed E-state index contributed by atoms with van der Waals surface area (Å²) in [4.78, 5) is 11.4. The van der Waals surface area contributed by atoms with Gasteiger partial charge in [-0.25, -0.2) is 0 Å². The van der Waals surface area contributed by atoms with Gasteiger partial charge in [0.2, 0.25) is 0 Å². The Hall–Kier alpha value is -0.830. The van der Waals surface area contributed by atoms with Crippen LogP contribution in [0.4, 0.5) is 0 Å². The molecule has 0 radical (unpaired) electrons. The highest BCUT2D eigenvalue weighted by Crippen LogP contribution is 2.07. The molecule has 1 unspecified atom stereocenters. The van der Waals surface area contributed by atoms with Crippen LogP contribution >= 0.6 is 11.6 Å². The smallest absolute Gasteiger partial charge is 0.157 e. The minimum Gasteiger partial charge on any atom is -0.297 e. The van der Waals surface area contributed by atoms with Crippen molar-refractivity contribution < 1.29 is 4.79 Å². The summed E-state index contributed by atoms with van der Waals surface area (Å²) in [5.41, 5.74) is 0. The largest absolute Gasteiger partial charge is 0.297 e. The van der Waals surface area contributed by atoms with Gasteiger partial charge >= 0.3 is 0 Å². The minimum atomic E-state index is 0.1000. The Morgan fingerprint density at radius 3 is 2.92 bits per heavy atom. The molecule has 0 spiro atoms. The predicted octanol–water partition coefficient (Wildman–Crippen LogP) is 2.15. The van der Waals surface area contributed by atoms with Crippen LogP contribution in [0.15, 0.2) is 12.4 Å². The van der Waals surface area contributed by atoms with E-state index >= 15 is 0 Å². The van der Waals surface area contributed by atoms with Crippen molar-refractivity contribution in [1.82, 2.24) is 9.78 Å². The van der Waals surface area contributed by atoms with Gasteiger partial charge in [-0.3, -0.25) is 9.48 Å². The van der Waals surface area contributed by atoms with Gasteiger partial charge in [-0.2, -0.15) is 5.10 Å². The van der Waals surface area contributed by atoms with Gasteiger partial charge in [0.1, 0.15) is 0 Å². The molecule has 0 fully saturated rings. The Balaban J connectivity index is 2.54. The molecule has 3 nitrogen and oxygen atoms in total. The Morgan fingerprint density at radius 2 is 2.46 bits per heavy atom. The van der Waals surface area contributed by atoms with Gasteiger partial charge in [-0.05, 0) is 6.42 Å². The molecular weight excluding hydrogens is 188 g/mol. The molecule has 1 aromatic heterocycles. The number of carbonyl (C=O) groups excluding carboxylic acids is 1. The lowest BCUT2D eigenvalue weighted by atomic mass is 10.0. The van der Waals surface area contributed by atoms with Crippen LogP contribution in [0.5, 0.6) is 0 Å². The molecular formula is C9H13ClN2O. The number of nitrogens with zero attached hydrogens (tertiary/aromatic N) is 2. The lowest BCUT2D eigenvalue weighted by Crippen LogP contribution is -2.17. The maximum Gasteiger partial charge on any atom is 0.157 e. The fraction of sp³-hybridized carbons (Fsp3) is 0.556. The number of aromatic nitrogens is 2. The molecule has 0 saturated carbocycles. The Morgan fingerprint density at radius 1 is 1.77 bits per heavy atom. The van der Waals surface area contributed by atoms with E-state index in [0.717, 1.165) is 6.42 Å². The maximum absolute atomic E-state index is 11.4. The molecule has 0 amide bonds. The van der Waals surface area contributed by atoms with Crippen molar-refractivity contribution >= 4 is 17.4 Å². The molecule has 4 heteroatoms. The van der Waals surface area contributed by atoms with Crippen LogP contribution in [0.25, 0.3) is 0 Å². The van der Waals surface area contributed by atoms with E-state index in [1.807, 2.05) is 13.8 Å². The third-order valence-corrected chi connectivity index (χ3v) is 2.28. The summed E-state index contributed by atoms with van der Waals surface area (Å²) in [6, 6.07) is 0. The highest BCUT2D eigenvalue weighted by atomic mass is 35.5. The van der Waals surface area contributed by atoms with Crippen LogP contribution in [-0.4, -0.2) is 15.6 Å². The van der Waals surface area contributed by atoms with Crippen LogP contribution in [0.1, 0.15) is 20.3 Å². The Bertz CT molecular complexity index is 296. The first-order chi connectivity index (χ1) is 6.13. The average molecular weight is 201 g/mol. The molecule has 1 rings (SSSR count). The van der Waals surface area contributed by atoms with Crippen molar-refractivity contribution in [3.63, 3.8) is 0 Å². The summed E-state index contributed by atoms with van der Waals surface area (Å²) in [7, 11) is 0. The van der Waals surface area contributed by atoms with Gasteiger partial charge in [-0.1, -0.05) is 25.4 Å². The van der Waals surface area contributed by atoms with Gasteiger partial charge in [0.15, 0.2) is 5.78 Å². The zero-order chi connectivity index (χ0) is 9.84. The fourth-order valence-electron chi connectivity index (χ4n) is 0.968. The van der Waals surface area contributed by atoms with Crippen LogP contribution in [0, 0.1) is 5.92 Å².